The maximum atomic E-state index is 11.5. The molecule has 0 saturated heterocycles. The maximum Gasteiger partial charge on any atom is 0.407 e. The molecule has 0 aromatic carbocycles. The standard InChI is InChI=1S/C13H19ClN2O3/c1-9(15-12(17)19-13(2,3)4)8-18-11-7-5-6-10(14)16-11/h5-7,9H,8H2,1-4H3,(H,15,17)/t9-/m0/s1. The van der Waals surface area contributed by atoms with Crippen molar-refractivity contribution in [3.05, 3.63) is 23.4 Å². The van der Waals surface area contributed by atoms with Crippen LogP contribution in [0.1, 0.15) is 27.7 Å². The number of aromatic nitrogens is 1. The molecule has 5 nitrogen and oxygen atoms in total. The largest absolute Gasteiger partial charge is 0.475 e. The van der Waals surface area contributed by atoms with E-state index in [0.717, 1.165) is 0 Å². The molecule has 1 heterocycles. The molecule has 0 aliphatic carbocycles. The summed E-state index contributed by atoms with van der Waals surface area (Å²) >= 11 is 5.74. The molecule has 0 fully saturated rings. The summed E-state index contributed by atoms with van der Waals surface area (Å²) in [6, 6.07) is 4.91. The molecule has 1 rings (SSSR count). The average Bonchev–Trinajstić information content (AvgIpc) is 2.23. The van der Waals surface area contributed by atoms with E-state index in [1.165, 1.54) is 0 Å². The van der Waals surface area contributed by atoms with Crippen molar-refractivity contribution in [1.29, 1.82) is 0 Å². The van der Waals surface area contributed by atoms with E-state index in [-0.39, 0.29) is 12.6 Å². The van der Waals surface area contributed by atoms with E-state index >= 15 is 0 Å². The van der Waals surface area contributed by atoms with Crippen LogP contribution >= 0.6 is 11.6 Å². The SMILES string of the molecule is C[C@@H](COc1cccc(Cl)n1)NC(=O)OC(C)(C)C. The van der Waals surface area contributed by atoms with Gasteiger partial charge in [0, 0.05) is 6.07 Å². The minimum absolute atomic E-state index is 0.198. The first-order valence-corrected chi connectivity index (χ1v) is 6.39. The van der Waals surface area contributed by atoms with Gasteiger partial charge in [-0.05, 0) is 33.8 Å². The Morgan fingerprint density at radius 1 is 1.47 bits per heavy atom. The molecule has 1 aromatic heterocycles. The number of ether oxygens (including phenoxy) is 2. The molecule has 0 unspecified atom stereocenters. The molecule has 0 saturated carbocycles. The van der Waals surface area contributed by atoms with Gasteiger partial charge in [0.25, 0.3) is 0 Å². The first kappa shape index (κ1) is 15.6. The smallest absolute Gasteiger partial charge is 0.407 e. The van der Waals surface area contributed by atoms with E-state index in [4.69, 9.17) is 21.1 Å². The van der Waals surface area contributed by atoms with Crippen molar-refractivity contribution in [2.75, 3.05) is 6.61 Å². The van der Waals surface area contributed by atoms with Crippen molar-refractivity contribution < 1.29 is 14.3 Å². The lowest BCUT2D eigenvalue weighted by Crippen LogP contribution is -2.40. The van der Waals surface area contributed by atoms with Crippen LogP contribution in [0.15, 0.2) is 18.2 Å². The van der Waals surface area contributed by atoms with E-state index < -0.39 is 11.7 Å². The Hall–Kier alpha value is -1.49. The third-order valence-electron chi connectivity index (χ3n) is 1.93. The number of amides is 1. The second-order valence-electron chi connectivity index (χ2n) is 5.16. The van der Waals surface area contributed by atoms with Crippen molar-refractivity contribution in [2.24, 2.45) is 0 Å². The summed E-state index contributed by atoms with van der Waals surface area (Å²) in [6.07, 6.45) is -0.470. The van der Waals surface area contributed by atoms with Gasteiger partial charge in [-0.2, -0.15) is 0 Å². The Morgan fingerprint density at radius 2 is 2.16 bits per heavy atom. The summed E-state index contributed by atoms with van der Waals surface area (Å²) in [4.78, 5) is 15.5. The van der Waals surface area contributed by atoms with Crippen LogP contribution in [0.25, 0.3) is 0 Å². The highest BCUT2D eigenvalue weighted by Gasteiger charge is 2.17. The van der Waals surface area contributed by atoms with Crippen LogP contribution in [0.2, 0.25) is 5.15 Å². The third-order valence-corrected chi connectivity index (χ3v) is 2.14. The van der Waals surface area contributed by atoms with Gasteiger partial charge in [0.15, 0.2) is 0 Å². The van der Waals surface area contributed by atoms with Crippen LogP contribution in [-0.4, -0.2) is 29.3 Å². The number of carbonyl (C=O) groups is 1. The van der Waals surface area contributed by atoms with Crippen LogP contribution in [0.4, 0.5) is 4.79 Å². The molecule has 1 N–H and O–H groups in total. The molecule has 106 valence electrons. The number of pyridine rings is 1. The normalized spacial score (nSPS) is 12.7. The predicted molar refractivity (Wildman–Crippen MR) is 73.6 cm³/mol. The lowest BCUT2D eigenvalue weighted by Gasteiger charge is -2.21. The lowest BCUT2D eigenvalue weighted by molar-refractivity contribution is 0.0493. The fourth-order valence-corrected chi connectivity index (χ4v) is 1.39. The van der Waals surface area contributed by atoms with Crippen LogP contribution in [0.5, 0.6) is 5.88 Å². The second kappa shape index (κ2) is 6.61. The van der Waals surface area contributed by atoms with E-state index in [9.17, 15) is 4.79 Å². The van der Waals surface area contributed by atoms with Crippen LogP contribution in [0, 0.1) is 0 Å². The van der Waals surface area contributed by atoms with E-state index in [1.54, 1.807) is 18.2 Å². The quantitative estimate of drug-likeness (QED) is 0.864. The first-order chi connectivity index (χ1) is 8.76. The molecule has 1 atom stereocenters. The highest BCUT2D eigenvalue weighted by atomic mass is 35.5. The topological polar surface area (TPSA) is 60.5 Å². The number of halogens is 1. The number of carbonyl (C=O) groups excluding carboxylic acids is 1. The van der Waals surface area contributed by atoms with Crippen molar-refractivity contribution >= 4 is 17.7 Å². The summed E-state index contributed by atoms with van der Waals surface area (Å²) in [5.41, 5.74) is -0.515. The van der Waals surface area contributed by atoms with Gasteiger partial charge in [0.1, 0.15) is 17.4 Å². The summed E-state index contributed by atoms with van der Waals surface area (Å²) < 4.78 is 10.6. The number of hydrogen-bond donors (Lipinski definition) is 1. The first-order valence-electron chi connectivity index (χ1n) is 6.01. The van der Waals surface area contributed by atoms with E-state index in [2.05, 4.69) is 10.3 Å². The van der Waals surface area contributed by atoms with E-state index in [1.807, 2.05) is 27.7 Å². The number of hydrogen-bond acceptors (Lipinski definition) is 4. The summed E-state index contributed by atoms with van der Waals surface area (Å²) in [5.74, 6) is 0.422. The van der Waals surface area contributed by atoms with E-state index in [0.29, 0.717) is 11.0 Å². The van der Waals surface area contributed by atoms with Crippen LogP contribution in [-0.2, 0) is 4.74 Å². The Bertz CT molecular complexity index is 432. The van der Waals surface area contributed by atoms with Crippen molar-refractivity contribution in [3.8, 4) is 5.88 Å². The zero-order valence-corrected chi connectivity index (χ0v) is 12.3. The molecular weight excluding hydrogens is 268 g/mol. The molecule has 0 radical (unpaired) electrons. The molecule has 0 spiro atoms. The van der Waals surface area contributed by atoms with Gasteiger partial charge < -0.3 is 14.8 Å². The summed E-state index contributed by atoms with van der Waals surface area (Å²) in [7, 11) is 0. The molecule has 1 aromatic rings. The van der Waals surface area contributed by atoms with Crippen LogP contribution < -0.4 is 10.1 Å². The van der Waals surface area contributed by atoms with Crippen molar-refractivity contribution in [2.45, 2.75) is 39.3 Å². The Kier molecular flexibility index (Phi) is 5.42. The highest BCUT2D eigenvalue weighted by molar-refractivity contribution is 6.29. The molecule has 0 bridgehead atoms. The van der Waals surface area contributed by atoms with Crippen LogP contribution in [0.3, 0.4) is 0 Å². The zero-order valence-electron chi connectivity index (χ0n) is 11.6. The molecule has 0 aliphatic rings. The Morgan fingerprint density at radius 3 is 2.74 bits per heavy atom. The van der Waals surface area contributed by atoms with Crippen molar-refractivity contribution in [3.63, 3.8) is 0 Å². The Labute approximate surface area is 118 Å². The highest BCUT2D eigenvalue weighted by Crippen LogP contribution is 2.11. The maximum absolute atomic E-state index is 11.5. The summed E-state index contributed by atoms with van der Waals surface area (Å²) in [5, 5.41) is 3.04. The van der Waals surface area contributed by atoms with Gasteiger partial charge in [0.2, 0.25) is 5.88 Å². The van der Waals surface area contributed by atoms with Gasteiger partial charge in [-0.15, -0.1) is 0 Å². The van der Waals surface area contributed by atoms with Gasteiger partial charge in [-0.1, -0.05) is 17.7 Å². The van der Waals surface area contributed by atoms with Gasteiger partial charge in [-0.25, -0.2) is 9.78 Å². The number of rotatable bonds is 4. The fourth-order valence-electron chi connectivity index (χ4n) is 1.23. The summed E-state index contributed by atoms with van der Waals surface area (Å²) in [6.45, 7) is 7.53. The number of alkyl carbamates (subject to hydrolysis) is 1. The average molecular weight is 287 g/mol. The molecule has 6 heteroatoms. The molecule has 19 heavy (non-hydrogen) atoms. The zero-order chi connectivity index (χ0) is 14.5. The van der Waals surface area contributed by atoms with Gasteiger partial charge in [0.05, 0.1) is 6.04 Å². The number of nitrogens with one attached hydrogen (secondary N) is 1. The Balaban J connectivity index is 2.36. The number of nitrogens with zero attached hydrogens (tertiary/aromatic N) is 1. The lowest BCUT2D eigenvalue weighted by atomic mass is 10.2. The van der Waals surface area contributed by atoms with Gasteiger partial charge in [-0.3, -0.25) is 0 Å². The van der Waals surface area contributed by atoms with Crippen molar-refractivity contribution in [1.82, 2.24) is 10.3 Å². The molecular formula is C13H19ClN2O3. The molecule has 1 amide bonds. The molecule has 0 aliphatic heterocycles. The third kappa shape index (κ3) is 6.86. The minimum atomic E-state index is -0.515. The van der Waals surface area contributed by atoms with Gasteiger partial charge >= 0.3 is 6.09 Å². The fraction of sp³-hybridized carbons (Fsp3) is 0.538. The second-order valence-corrected chi connectivity index (χ2v) is 5.54. The monoisotopic (exact) mass is 286 g/mol. The predicted octanol–water partition coefficient (Wildman–Crippen LogP) is 3.03. The minimum Gasteiger partial charge on any atom is -0.475 e.